The standard InChI is InChI=1S/C27H23O2P/c28-27(29)21-26(22-13-5-1-6-14-22)30(23-15-7-2-8-16-23,24-17-9-3-10-18-24)25-19-11-4-12-20-25/h1-20,26H,21H2. The minimum Gasteiger partial charge on any atom is -0.550 e. The Hall–Kier alpha value is -3.22. The maximum absolute atomic E-state index is 12.0. The predicted molar refractivity (Wildman–Crippen MR) is 124 cm³/mol. The topological polar surface area (TPSA) is 40.1 Å². The zero-order chi connectivity index (χ0) is 20.8. The molecule has 148 valence electrons. The normalized spacial score (nSPS) is 12.3. The van der Waals surface area contributed by atoms with E-state index in [1.54, 1.807) is 0 Å². The molecule has 1 unspecified atom stereocenters. The Morgan fingerprint density at radius 3 is 1.27 bits per heavy atom. The van der Waals surface area contributed by atoms with Crippen molar-refractivity contribution in [2.75, 3.05) is 0 Å². The van der Waals surface area contributed by atoms with Crippen molar-refractivity contribution in [3.63, 3.8) is 0 Å². The molecule has 0 N–H and O–H groups in total. The molecule has 4 aromatic rings. The van der Waals surface area contributed by atoms with Crippen LogP contribution in [0, 0.1) is 0 Å². The number of hydrogen-bond donors (Lipinski definition) is 0. The molecule has 0 spiro atoms. The summed E-state index contributed by atoms with van der Waals surface area (Å²) in [7, 11) is -2.36. The molecule has 0 aliphatic carbocycles. The van der Waals surface area contributed by atoms with E-state index in [4.69, 9.17) is 0 Å². The highest BCUT2D eigenvalue weighted by Gasteiger charge is 2.52. The molecule has 0 saturated heterocycles. The van der Waals surface area contributed by atoms with Gasteiger partial charge >= 0.3 is 0 Å². The van der Waals surface area contributed by atoms with Crippen molar-refractivity contribution in [1.82, 2.24) is 0 Å². The molecule has 3 heteroatoms. The highest BCUT2D eigenvalue weighted by atomic mass is 31.2. The van der Waals surface area contributed by atoms with Crippen LogP contribution in [0.4, 0.5) is 0 Å². The monoisotopic (exact) mass is 410 g/mol. The average Bonchev–Trinajstić information content (AvgIpc) is 2.81. The Kier molecular flexibility index (Phi) is 6.07. The molecule has 4 rings (SSSR count). The van der Waals surface area contributed by atoms with Gasteiger partial charge in [-0.05, 0) is 42.0 Å². The lowest BCUT2D eigenvalue weighted by atomic mass is 10.1. The summed E-state index contributed by atoms with van der Waals surface area (Å²) in [5, 5.41) is 15.5. The molecule has 0 saturated carbocycles. The van der Waals surface area contributed by atoms with E-state index in [-0.39, 0.29) is 12.1 Å². The fourth-order valence-electron chi connectivity index (χ4n) is 4.29. The summed E-state index contributed by atoms with van der Waals surface area (Å²) >= 11 is 0. The van der Waals surface area contributed by atoms with E-state index in [1.165, 1.54) is 0 Å². The summed E-state index contributed by atoms with van der Waals surface area (Å²) < 4.78 is 0. The molecule has 30 heavy (non-hydrogen) atoms. The summed E-state index contributed by atoms with van der Waals surface area (Å²) in [6.45, 7) is 0. The van der Waals surface area contributed by atoms with Gasteiger partial charge in [0.1, 0.15) is 28.8 Å². The van der Waals surface area contributed by atoms with Crippen LogP contribution in [0.2, 0.25) is 0 Å². The van der Waals surface area contributed by atoms with Crippen molar-refractivity contribution in [3.05, 3.63) is 127 Å². The molecule has 4 aromatic carbocycles. The molecule has 2 nitrogen and oxygen atoms in total. The average molecular weight is 410 g/mol. The van der Waals surface area contributed by atoms with Crippen molar-refractivity contribution < 1.29 is 9.90 Å². The van der Waals surface area contributed by atoms with Gasteiger partial charge in [-0.2, -0.15) is 0 Å². The number of benzene rings is 4. The third-order valence-electron chi connectivity index (χ3n) is 5.50. The number of carboxylic acid groups (broad SMARTS) is 1. The fourth-order valence-corrected chi connectivity index (χ4v) is 9.23. The SMILES string of the molecule is O=C([O-])CC(c1ccccc1)[P+](c1ccccc1)(c1ccccc1)c1ccccc1. The number of rotatable bonds is 7. The maximum Gasteiger partial charge on any atom is 0.119 e. The number of carbonyl (C=O) groups is 1. The van der Waals surface area contributed by atoms with E-state index < -0.39 is 13.2 Å². The Balaban J connectivity index is 2.12. The summed E-state index contributed by atoms with van der Waals surface area (Å²) in [6, 6.07) is 41.1. The maximum atomic E-state index is 12.0. The van der Waals surface area contributed by atoms with E-state index in [0.29, 0.717) is 0 Å². The zero-order valence-electron chi connectivity index (χ0n) is 16.6. The molecule has 0 radical (unpaired) electrons. The molecule has 0 aliphatic heterocycles. The number of carboxylic acids is 1. The summed E-state index contributed by atoms with van der Waals surface area (Å²) in [6.07, 6.45) is -0.0452. The van der Waals surface area contributed by atoms with Crippen molar-refractivity contribution in [2.45, 2.75) is 12.1 Å². The molecular weight excluding hydrogens is 387 g/mol. The second kappa shape index (κ2) is 9.07. The van der Waals surface area contributed by atoms with Gasteiger partial charge in [0, 0.05) is 12.4 Å². The first kappa shape index (κ1) is 20.1. The predicted octanol–water partition coefficient (Wildman–Crippen LogP) is 3.86. The van der Waals surface area contributed by atoms with E-state index in [9.17, 15) is 9.90 Å². The molecule has 0 amide bonds. The van der Waals surface area contributed by atoms with Crippen LogP contribution in [-0.4, -0.2) is 5.97 Å². The highest BCUT2D eigenvalue weighted by molar-refractivity contribution is 7.96. The number of aliphatic carboxylic acids is 1. The van der Waals surface area contributed by atoms with Gasteiger partial charge in [-0.15, -0.1) is 0 Å². The fraction of sp³-hybridized carbons (Fsp3) is 0.0741. The first-order valence-electron chi connectivity index (χ1n) is 10.0. The van der Waals surface area contributed by atoms with Gasteiger partial charge in [-0.25, -0.2) is 0 Å². The second-order valence-corrected chi connectivity index (χ2v) is 10.8. The minimum atomic E-state index is -2.36. The van der Waals surface area contributed by atoms with E-state index in [2.05, 4.69) is 36.4 Å². The molecule has 0 heterocycles. The van der Waals surface area contributed by atoms with E-state index >= 15 is 0 Å². The van der Waals surface area contributed by atoms with Gasteiger partial charge in [-0.3, -0.25) is 0 Å². The Bertz CT molecular complexity index is 984. The van der Waals surface area contributed by atoms with Crippen molar-refractivity contribution in [2.24, 2.45) is 0 Å². The van der Waals surface area contributed by atoms with Crippen LogP contribution in [0.5, 0.6) is 0 Å². The van der Waals surface area contributed by atoms with Gasteiger partial charge in [-0.1, -0.05) is 84.9 Å². The van der Waals surface area contributed by atoms with E-state index in [0.717, 1.165) is 21.5 Å². The van der Waals surface area contributed by atoms with Crippen LogP contribution in [-0.2, 0) is 4.79 Å². The summed E-state index contributed by atoms with van der Waals surface area (Å²) in [5.74, 6) is -1.03. The lowest BCUT2D eigenvalue weighted by Gasteiger charge is -2.35. The Morgan fingerprint density at radius 2 is 0.933 bits per heavy atom. The first-order valence-corrected chi connectivity index (χ1v) is 11.9. The Morgan fingerprint density at radius 1 is 0.600 bits per heavy atom. The summed E-state index contributed by atoms with van der Waals surface area (Å²) in [4.78, 5) is 12.0. The van der Waals surface area contributed by atoms with Gasteiger partial charge < -0.3 is 9.90 Å². The molecular formula is C27H23O2P. The van der Waals surface area contributed by atoms with Crippen LogP contribution in [0.1, 0.15) is 17.6 Å². The van der Waals surface area contributed by atoms with Crippen molar-refractivity contribution in [1.29, 1.82) is 0 Å². The third kappa shape index (κ3) is 3.79. The van der Waals surface area contributed by atoms with E-state index in [1.807, 2.05) is 84.9 Å². The lowest BCUT2D eigenvalue weighted by molar-refractivity contribution is -0.305. The second-order valence-electron chi connectivity index (χ2n) is 7.23. The van der Waals surface area contributed by atoms with Crippen LogP contribution in [0.15, 0.2) is 121 Å². The Labute approximate surface area is 178 Å². The van der Waals surface area contributed by atoms with Gasteiger partial charge in [0.2, 0.25) is 0 Å². The summed E-state index contributed by atoms with van der Waals surface area (Å²) in [5.41, 5.74) is 0.780. The van der Waals surface area contributed by atoms with Gasteiger partial charge in [0.25, 0.3) is 0 Å². The largest absolute Gasteiger partial charge is 0.550 e. The first-order chi connectivity index (χ1) is 14.7. The zero-order valence-corrected chi connectivity index (χ0v) is 17.5. The van der Waals surface area contributed by atoms with Gasteiger partial charge in [0.15, 0.2) is 0 Å². The lowest BCUT2D eigenvalue weighted by Crippen LogP contribution is -2.37. The minimum absolute atomic E-state index is 0.0452. The smallest absolute Gasteiger partial charge is 0.119 e. The van der Waals surface area contributed by atoms with Gasteiger partial charge in [0.05, 0.1) is 0 Å². The highest BCUT2D eigenvalue weighted by Crippen LogP contribution is 2.67. The van der Waals surface area contributed by atoms with Crippen LogP contribution in [0.25, 0.3) is 0 Å². The van der Waals surface area contributed by atoms with Crippen molar-refractivity contribution >= 4 is 29.1 Å². The third-order valence-corrected chi connectivity index (χ3v) is 10.3. The van der Waals surface area contributed by atoms with Crippen LogP contribution in [0.3, 0.4) is 0 Å². The molecule has 0 bridgehead atoms. The van der Waals surface area contributed by atoms with Crippen molar-refractivity contribution in [3.8, 4) is 0 Å². The van der Waals surface area contributed by atoms with Crippen LogP contribution >= 0.6 is 7.26 Å². The molecule has 1 atom stereocenters. The molecule has 0 aromatic heterocycles. The molecule has 0 fully saturated rings. The molecule has 0 aliphatic rings. The quantitative estimate of drug-likeness (QED) is 0.434. The van der Waals surface area contributed by atoms with Crippen LogP contribution < -0.4 is 21.0 Å². The number of hydrogen-bond acceptors (Lipinski definition) is 2. The number of carbonyl (C=O) groups excluding carboxylic acids is 1.